The van der Waals surface area contributed by atoms with E-state index in [4.69, 9.17) is 0 Å². The smallest absolute Gasteiger partial charge is 0.0738 e. The summed E-state index contributed by atoms with van der Waals surface area (Å²) in [5.74, 6) is 0. The third-order valence-corrected chi connectivity index (χ3v) is 5.69. The molecule has 2 aliphatic rings. The standard InChI is InChI=1S/C10H18O2S/c1-9(11)5-3-8-10(2,12)6-4-7(9)13-8/h7-8,11-12H,3-6H2,1-2H3/t7-,8-,9-,10-/m1/s1. The maximum absolute atomic E-state index is 10.1. The normalized spacial score (nSPS) is 56.3. The van der Waals surface area contributed by atoms with Gasteiger partial charge in [-0.1, -0.05) is 0 Å². The van der Waals surface area contributed by atoms with E-state index < -0.39 is 11.2 Å². The van der Waals surface area contributed by atoms with Crippen LogP contribution in [0.15, 0.2) is 0 Å². The Morgan fingerprint density at radius 1 is 1.00 bits per heavy atom. The third kappa shape index (κ3) is 1.62. The molecule has 13 heavy (non-hydrogen) atoms. The number of thioether (sulfide) groups is 1. The average molecular weight is 202 g/mol. The zero-order chi connectivity index (χ0) is 9.69. The van der Waals surface area contributed by atoms with E-state index in [1.807, 2.05) is 13.8 Å². The predicted octanol–water partition coefficient (Wildman–Crippen LogP) is 1.55. The molecule has 0 radical (unpaired) electrons. The highest BCUT2D eigenvalue weighted by Gasteiger charge is 2.48. The van der Waals surface area contributed by atoms with Crippen LogP contribution in [0.3, 0.4) is 0 Å². The van der Waals surface area contributed by atoms with Gasteiger partial charge in [-0.15, -0.1) is 11.8 Å². The number of fused-ring (bicyclic) bond motifs is 2. The Hall–Kier alpha value is 0.270. The molecule has 0 aliphatic carbocycles. The zero-order valence-electron chi connectivity index (χ0n) is 8.29. The van der Waals surface area contributed by atoms with Gasteiger partial charge < -0.3 is 10.2 Å². The van der Waals surface area contributed by atoms with Crippen molar-refractivity contribution in [3.8, 4) is 0 Å². The summed E-state index contributed by atoms with van der Waals surface area (Å²) >= 11 is 1.79. The molecule has 0 aromatic carbocycles. The zero-order valence-corrected chi connectivity index (χ0v) is 9.10. The molecule has 3 heteroatoms. The van der Waals surface area contributed by atoms with Crippen molar-refractivity contribution in [2.75, 3.05) is 0 Å². The fourth-order valence-corrected chi connectivity index (χ4v) is 4.14. The fraction of sp³-hybridized carbons (Fsp3) is 1.00. The first-order valence-corrected chi connectivity index (χ1v) is 5.96. The van der Waals surface area contributed by atoms with Gasteiger partial charge in [-0.05, 0) is 39.5 Å². The van der Waals surface area contributed by atoms with Crippen LogP contribution in [0.2, 0.25) is 0 Å². The van der Waals surface area contributed by atoms with Crippen LogP contribution >= 0.6 is 11.8 Å². The highest BCUT2D eigenvalue weighted by atomic mass is 32.2. The minimum atomic E-state index is -0.502. The second-order valence-electron chi connectivity index (χ2n) is 4.91. The van der Waals surface area contributed by atoms with Crippen LogP contribution in [-0.2, 0) is 0 Å². The molecule has 2 saturated heterocycles. The molecule has 2 bridgehead atoms. The topological polar surface area (TPSA) is 40.5 Å². The summed E-state index contributed by atoms with van der Waals surface area (Å²) in [6, 6.07) is 0. The first-order chi connectivity index (χ1) is 5.92. The van der Waals surface area contributed by atoms with Crippen molar-refractivity contribution in [3.05, 3.63) is 0 Å². The van der Waals surface area contributed by atoms with Gasteiger partial charge in [-0.2, -0.15) is 0 Å². The van der Waals surface area contributed by atoms with Crippen LogP contribution in [0, 0.1) is 0 Å². The average Bonchev–Trinajstić information content (AvgIpc) is 2.01. The molecule has 0 aromatic rings. The molecule has 2 fully saturated rings. The van der Waals surface area contributed by atoms with Gasteiger partial charge in [0.25, 0.3) is 0 Å². The number of hydrogen-bond donors (Lipinski definition) is 2. The van der Waals surface area contributed by atoms with Crippen LogP contribution in [0.4, 0.5) is 0 Å². The largest absolute Gasteiger partial charge is 0.389 e. The van der Waals surface area contributed by atoms with Crippen molar-refractivity contribution < 1.29 is 10.2 Å². The lowest BCUT2D eigenvalue weighted by Gasteiger charge is -2.49. The van der Waals surface area contributed by atoms with Crippen molar-refractivity contribution in [2.45, 2.75) is 61.2 Å². The van der Waals surface area contributed by atoms with Gasteiger partial charge >= 0.3 is 0 Å². The summed E-state index contributed by atoms with van der Waals surface area (Å²) in [7, 11) is 0. The molecule has 2 rings (SSSR count). The molecule has 0 amide bonds. The van der Waals surface area contributed by atoms with Gasteiger partial charge in [0.15, 0.2) is 0 Å². The highest BCUT2D eigenvalue weighted by Crippen LogP contribution is 2.49. The van der Waals surface area contributed by atoms with Gasteiger partial charge in [-0.3, -0.25) is 0 Å². The summed E-state index contributed by atoms with van der Waals surface area (Å²) < 4.78 is 0. The predicted molar refractivity (Wildman–Crippen MR) is 54.9 cm³/mol. The van der Waals surface area contributed by atoms with E-state index in [9.17, 15) is 10.2 Å². The van der Waals surface area contributed by atoms with Crippen molar-refractivity contribution >= 4 is 11.8 Å². The Bertz CT molecular complexity index is 191. The van der Waals surface area contributed by atoms with Crippen LogP contribution in [-0.4, -0.2) is 31.9 Å². The van der Waals surface area contributed by atoms with Crippen LogP contribution < -0.4 is 0 Å². The maximum atomic E-state index is 10.1. The lowest BCUT2D eigenvalue weighted by molar-refractivity contribution is -0.0177. The quantitative estimate of drug-likeness (QED) is 0.626. The second-order valence-corrected chi connectivity index (χ2v) is 6.32. The molecule has 4 atom stereocenters. The van der Waals surface area contributed by atoms with Gasteiger partial charge in [-0.25, -0.2) is 0 Å². The van der Waals surface area contributed by atoms with Gasteiger partial charge in [0, 0.05) is 10.5 Å². The fourth-order valence-electron chi connectivity index (χ4n) is 2.42. The molecule has 2 heterocycles. The van der Waals surface area contributed by atoms with E-state index in [2.05, 4.69) is 0 Å². The van der Waals surface area contributed by atoms with Crippen LogP contribution in [0.5, 0.6) is 0 Å². The second kappa shape index (κ2) is 2.88. The Labute approximate surface area is 83.7 Å². The molecule has 2 nitrogen and oxygen atoms in total. The summed E-state index contributed by atoms with van der Waals surface area (Å²) in [4.78, 5) is 0. The Morgan fingerprint density at radius 3 is 1.77 bits per heavy atom. The Balaban J connectivity index is 2.14. The van der Waals surface area contributed by atoms with Gasteiger partial charge in [0.1, 0.15) is 0 Å². The molecule has 2 aliphatic heterocycles. The number of aliphatic hydroxyl groups is 2. The van der Waals surface area contributed by atoms with Crippen LogP contribution in [0.25, 0.3) is 0 Å². The number of hydrogen-bond acceptors (Lipinski definition) is 3. The SMILES string of the molecule is C[C@@]1(O)CC[C@H]2S[C@@H]1CC[C@@]2(C)O. The van der Waals surface area contributed by atoms with E-state index >= 15 is 0 Å². The Morgan fingerprint density at radius 2 is 1.38 bits per heavy atom. The van der Waals surface area contributed by atoms with Crippen molar-refractivity contribution in [1.29, 1.82) is 0 Å². The molecular formula is C10H18O2S. The minimum absolute atomic E-state index is 0.339. The van der Waals surface area contributed by atoms with E-state index in [1.165, 1.54) is 0 Å². The molecule has 0 aromatic heterocycles. The summed E-state index contributed by atoms with van der Waals surface area (Å²) in [5, 5.41) is 20.8. The molecule has 0 saturated carbocycles. The lowest BCUT2D eigenvalue weighted by atomic mass is 9.80. The van der Waals surface area contributed by atoms with Crippen molar-refractivity contribution in [2.24, 2.45) is 0 Å². The third-order valence-electron chi connectivity index (χ3n) is 3.54. The molecule has 0 spiro atoms. The Kier molecular flexibility index (Phi) is 2.17. The first-order valence-electron chi connectivity index (χ1n) is 5.02. The van der Waals surface area contributed by atoms with Gasteiger partial charge in [0.05, 0.1) is 11.2 Å². The first kappa shape index (κ1) is 9.81. The highest BCUT2D eigenvalue weighted by molar-refractivity contribution is 8.00. The van der Waals surface area contributed by atoms with Crippen molar-refractivity contribution in [1.82, 2.24) is 0 Å². The van der Waals surface area contributed by atoms with Crippen molar-refractivity contribution in [3.63, 3.8) is 0 Å². The van der Waals surface area contributed by atoms with E-state index in [0.717, 1.165) is 25.7 Å². The number of rotatable bonds is 0. The van der Waals surface area contributed by atoms with E-state index in [0.29, 0.717) is 10.5 Å². The minimum Gasteiger partial charge on any atom is -0.389 e. The maximum Gasteiger partial charge on any atom is 0.0738 e. The summed E-state index contributed by atoms with van der Waals surface area (Å²) in [6.45, 7) is 3.86. The van der Waals surface area contributed by atoms with Crippen LogP contribution in [0.1, 0.15) is 39.5 Å². The molecular weight excluding hydrogens is 184 g/mol. The summed E-state index contributed by atoms with van der Waals surface area (Å²) in [5.41, 5.74) is -1.00. The lowest BCUT2D eigenvalue weighted by Crippen LogP contribution is -2.53. The summed E-state index contributed by atoms with van der Waals surface area (Å²) in [6.07, 6.45) is 3.57. The van der Waals surface area contributed by atoms with E-state index in [1.54, 1.807) is 11.8 Å². The monoisotopic (exact) mass is 202 g/mol. The molecule has 0 unspecified atom stereocenters. The molecule has 76 valence electrons. The van der Waals surface area contributed by atoms with Gasteiger partial charge in [0.2, 0.25) is 0 Å². The molecule has 2 N–H and O–H groups in total. The van der Waals surface area contributed by atoms with E-state index in [-0.39, 0.29) is 0 Å².